The summed E-state index contributed by atoms with van der Waals surface area (Å²) in [5.41, 5.74) is 2.62. The van der Waals surface area contributed by atoms with E-state index in [9.17, 15) is 4.21 Å². The number of nitrogens with one attached hydrogen (secondary N) is 2. The molecule has 0 aliphatic carbocycles. The minimum absolute atomic E-state index is 0.172. The fourth-order valence-corrected chi connectivity index (χ4v) is 4.01. The molecule has 0 bridgehead atoms. The van der Waals surface area contributed by atoms with Crippen LogP contribution < -0.4 is 10.6 Å². The van der Waals surface area contributed by atoms with Gasteiger partial charge in [0.25, 0.3) is 0 Å². The molecule has 6 heteroatoms. The van der Waals surface area contributed by atoms with E-state index in [2.05, 4.69) is 44.8 Å². The predicted molar refractivity (Wildman–Crippen MR) is 117 cm³/mol. The number of hydrogen-bond donors (Lipinski definition) is 2. The summed E-state index contributed by atoms with van der Waals surface area (Å²) in [6.07, 6.45) is 4.04. The van der Waals surface area contributed by atoms with Crippen LogP contribution in [0.25, 0.3) is 0 Å². The smallest absolute Gasteiger partial charge is 0.191 e. The Morgan fingerprint density at radius 3 is 2.30 bits per heavy atom. The second-order valence-electron chi connectivity index (χ2n) is 8.17. The lowest BCUT2D eigenvalue weighted by atomic mass is 10.1. The highest BCUT2D eigenvalue weighted by atomic mass is 32.2. The van der Waals surface area contributed by atoms with Gasteiger partial charge in [-0.3, -0.25) is 14.1 Å². The van der Waals surface area contributed by atoms with Crippen molar-refractivity contribution in [2.75, 3.05) is 32.4 Å². The van der Waals surface area contributed by atoms with Gasteiger partial charge in [-0.2, -0.15) is 0 Å². The molecule has 2 rings (SSSR count). The first-order chi connectivity index (χ1) is 12.9. The van der Waals surface area contributed by atoms with Crippen molar-refractivity contribution in [2.45, 2.75) is 57.9 Å². The zero-order chi connectivity index (χ0) is 19.7. The number of piperidine rings is 1. The molecule has 1 heterocycles. The number of likely N-dealkylation sites (tertiary alicyclic amines) is 1. The van der Waals surface area contributed by atoms with E-state index in [0.29, 0.717) is 12.3 Å². The van der Waals surface area contributed by atoms with Gasteiger partial charge in [0.2, 0.25) is 0 Å². The Hall–Kier alpha value is -1.40. The van der Waals surface area contributed by atoms with Crippen LogP contribution in [-0.4, -0.2) is 52.3 Å². The minimum Gasteiger partial charge on any atom is -0.355 e. The van der Waals surface area contributed by atoms with Crippen LogP contribution in [0.5, 0.6) is 0 Å². The summed E-state index contributed by atoms with van der Waals surface area (Å²) in [5, 5.41) is 6.58. The van der Waals surface area contributed by atoms with E-state index < -0.39 is 10.8 Å². The first-order valence-corrected chi connectivity index (χ1v) is 11.3. The van der Waals surface area contributed by atoms with Crippen molar-refractivity contribution in [3.8, 4) is 0 Å². The van der Waals surface area contributed by atoms with Crippen LogP contribution in [-0.2, 0) is 23.9 Å². The molecule has 1 aromatic carbocycles. The Morgan fingerprint density at radius 1 is 1.07 bits per heavy atom. The molecule has 2 N–H and O–H groups in total. The van der Waals surface area contributed by atoms with E-state index >= 15 is 0 Å². The molecule has 1 aliphatic heterocycles. The quantitative estimate of drug-likeness (QED) is 0.553. The molecule has 1 unspecified atom stereocenters. The fourth-order valence-electron chi connectivity index (χ4n) is 3.11. The summed E-state index contributed by atoms with van der Waals surface area (Å²) in [4.78, 5) is 6.79. The Morgan fingerprint density at radius 2 is 1.70 bits per heavy atom. The maximum atomic E-state index is 12.1. The summed E-state index contributed by atoms with van der Waals surface area (Å²) >= 11 is 0. The fraction of sp³-hybridized carbons (Fsp3) is 0.667. The highest BCUT2D eigenvalue weighted by molar-refractivity contribution is 7.86. The summed E-state index contributed by atoms with van der Waals surface area (Å²) in [6, 6.07) is 8.84. The molecule has 0 saturated carbocycles. The SMILES string of the molecule is CN=C(NCCS(=O)C(C)(C)C)NCc1ccc(CN2CCCCC2)cc1. The first-order valence-electron chi connectivity index (χ1n) is 10.0. The van der Waals surface area contributed by atoms with Crippen LogP contribution >= 0.6 is 0 Å². The molecule has 1 fully saturated rings. The van der Waals surface area contributed by atoms with Crippen molar-refractivity contribution in [1.29, 1.82) is 0 Å². The monoisotopic (exact) mass is 392 g/mol. The average Bonchev–Trinajstić information content (AvgIpc) is 2.65. The first kappa shape index (κ1) is 21.9. The average molecular weight is 393 g/mol. The summed E-state index contributed by atoms with van der Waals surface area (Å²) < 4.78 is 11.9. The number of guanidine groups is 1. The second-order valence-corrected chi connectivity index (χ2v) is 10.5. The Kier molecular flexibility index (Phi) is 8.77. The summed E-state index contributed by atoms with van der Waals surface area (Å²) in [5.74, 6) is 1.37. The van der Waals surface area contributed by atoms with E-state index in [-0.39, 0.29) is 4.75 Å². The number of benzene rings is 1. The Bertz CT molecular complexity index is 616. The van der Waals surface area contributed by atoms with Crippen molar-refractivity contribution in [2.24, 2.45) is 4.99 Å². The zero-order valence-corrected chi connectivity index (χ0v) is 18.2. The van der Waals surface area contributed by atoms with Gasteiger partial charge in [-0.25, -0.2) is 0 Å². The number of nitrogens with zero attached hydrogens (tertiary/aromatic N) is 2. The van der Waals surface area contributed by atoms with E-state index in [4.69, 9.17) is 0 Å². The lowest BCUT2D eigenvalue weighted by molar-refractivity contribution is 0.221. The third kappa shape index (κ3) is 8.01. The molecular weight excluding hydrogens is 356 g/mol. The highest BCUT2D eigenvalue weighted by Crippen LogP contribution is 2.13. The maximum absolute atomic E-state index is 12.1. The normalized spacial score (nSPS) is 17.6. The van der Waals surface area contributed by atoms with Crippen LogP contribution in [0.4, 0.5) is 0 Å². The topological polar surface area (TPSA) is 56.7 Å². The summed E-state index contributed by atoms with van der Waals surface area (Å²) in [6.45, 7) is 10.9. The minimum atomic E-state index is -0.851. The van der Waals surface area contributed by atoms with E-state index in [1.165, 1.54) is 43.5 Å². The zero-order valence-electron chi connectivity index (χ0n) is 17.4. The van der Waals surface area contributed by atoms with Crippen molar-refractivity contribution in [3.63, 3.8) is 0 Å². The van der Waals surface area contributed by atoms with E-state index in [1.807, 2.05) is 20.8 Å². The molecule has 0 radical (unpaired) electrons. The van der Waals surface area contributed by atoms with Gasteiger partial charge in [0, 0.05) is 48.0 Å². The van der Waals surface area contributed by atoms with Crippen molar-refractivity contribution in [3.05, 3.63) is 35.4 Å². The van der Waals surface area contributed by atoms with Gasteiger partial charge in [0.1, 0.15) is 0 Å². The highest BCUT2D eigenvalue weighted by Gasteiger charge is 2.18. The van der Waals surface area contributed by atoms with Gasteiger partial charge in [0.05, 0.1) is 0 Å². The van der Waals surface area contributed by atoms with Gasteiger partial charge < -0.3 is 10.6 Å². The van der Waals surface area contributed by atoms with Crippen LogP contribution in [0.1, 0.15) is 51.2 Å². The molecule has 0 spiro atoms. The third-order valence-electron chi connectivity index (χ3n) is 4.82. The van der Waals surface area contributed by atoms with Crippen LogP contribution in [0.15, 0.2) is 29.3 Å². The van der Waals surface area contributed by atoms with Crippen molar-refractivity contribution in [1.82, 2.24) is 15.5 Å². The molecule has 1 saturated heterocycles. The van der Waals surface area contributed by atoms with Crippen LogP contribution in [0.3, 0.4) is 0 Å². The Balaban J connectivity index is 1.73. The molecule has 27 heavy (non-hydrogen) atoms. The standard InChI is InChI=1S/C21H36N4OS/c1-21(2,3)27(26)15-12-23-20(22-4)24-16-18-8-10-19(11-9-18)17-25-13-6-5-7-14-25/h8-11H,5-7,12-17H2,1-4H3,(H2,22,23,24). The molecule has 0 aromatic heterocycles. The van der Waals surface area contributed by atoms with Crippen molar-refractivity contribution >= 4 is 16.8 Å². The van der Waals surface area contributed by atoms with E-state index in [0.717, 1.165) is 19.0 Å². The van der Waals surface area contributed by atoms with Crippen LogP contribution in [0.2, 0.25) is 0 Å². The van der Waals surface area contributed by atoms with Gasteiger partial charge in [0.15, 0.2) is 5.96 Å². The van der Waals surface area contributed by atoms with Crippen LogP contribution in [0, 0.1) is 0 Å². The number of rotatable bonds is 7. The molecule has 152 valence electrons. The lowest BCUT2D eigenvalue weighted by Crippen LogP contribution is -2.40. The van der Waals surface area contributed by atoms with E-state index in [1.54, 1.807) is 7.05 Å². The number of hydrogen-bond acceptors (Lipinski definition) is 3. The van der Waals surface area contributed by atoms with Gasteiger partial charge in [-0.15, -0.1) is 0 Å². The van der Waals surface area contributed by atoms with Gasteiger partial charge in [-0.05, 0) is 57.8 Å². The van der Waals surface area contributed by atoms with Gasteiger partial charge >= 0.3 is 0 Å². The van der Waals surface area contributed by atoms with Crippen molar-refractivity contribution < 1.29 is 4.21 Å². The largest absolute Gasteiger partial charge is 0.355 e. The molecule has 1 aliphatic rings. The summed E-state index contributed by atoms with van der Waals surface area (Å²) in [7, 11) is 0.911. The molecule has 1 aromatic rings. The molecular formula is C21H36N4OS. The second kappa shape index (κ2) is 10.8. The Labute approximate surface area is 167 Å². The molecule has 5 nitrogen and oxygen atoms in total. The number of aliphatic imine (C=N–C) groups is 1. The van der Waals surface area contributed by atoms with Gasteiger partial charge in [-0.1, -0.05) is 30.7 Å². The third-order valence-corrected chi connectivity index (χ3v) is 6.77. The lowest BCUT2D eigenvalue weighted by Gasteiger charge is -2.26. The molecule has 0 amide bonds. The molecule has 1 atom stereocenters. The maximum Gasteiger partial charge on any atom is 0.191 e. The predicted octanol–water partition coefficient (Wildman–Crippen LogP) is 2.88.